The van der Waals surface area contributed by atoms with E-state index < -0.39 is 0 Å². The Labute approximate surface area is 212 Å². The smallest absolute Gasteiger partial charge is 0.00428 e. The summed E-state index contributed by atoms with van der Waals surface area (Å²) >= 11 is 0. The number of hydrogen-bond donors (Lipinski definition) is 0. The zero-order valence-corrected chi connectivity index (χ0v) is 23.9. The van der Waals surface area contributed by atoms with Gasteiger partial charge in [-0.3, -0.25) is 0 Å². The van der Waals surface area contributed by atoms with E-state index in [2.05, 4.69) is 67.7 Å². The highest BCUT2D eigenvalue weighted by Crippen LogP contribution is 3.04. The maximum atomic E-state index is 4.85. The molecule has 5 fully saturated rings. The van der Waals surface area contributed by atoms with Gasteiger partial charge in [-0.15, -0.1) is 5.73 Å². The lowest BCUT2D eigenvalue weighted by molar-refractivity contribution is 0.0535. The summed E-state index contributed by atoms with van der Waals surface area (Å²) < 4.78 is 0. The number of fused-ring (bicyclic) bond motifs is 1. The summed E-state index contributed by atoms with van der Waals surface area (Å²) in [4.78, 5) is 0. The van der Waals surface area contributed by atoms with Gasteiger partial charge in [-0.2, -0.15) is 0 Å². The van der Waals surface area contributed by atoms with Crippen LogP contribution in [0.25, 0.3) is 0 Å². The Morgan fingerprint density at radius 3 is 2.12 bits per heavy atom. The average Bonchev–Trinajstić information content (AvgIpc) is 3.75. The topological polar surface area (TPSA) is 0 Å². The van der Waals surface area contributed by atoms with E-state index in [1.165, 1.54) is 57.8 Å². The number of rotatable bonds is 11. The van der Waals surface area contributed by atoms with Gasteiger partial charge in [-0.25, -0.2) is 0 Å². The maximum Gasteiger partial charge on any atom is 0.00428 e. The molecule has 11 unspecified atom stereocenters. The Kier molecular flexibility index (Phi) is 5.78. The Morgan fingerprint density at radius 2 is 1.68 bits per heavy atom. The lowest BCUT2D eigenvalue weighted by atomic mass is 9.55. The molecule has 0 aromatic carbocycles. The molecule has 5 rings (SSSR count). The van der Waals surface area contributed by atoms with Gasteiger partial charge in [0.15, 0.2) is 0 Å². The first-order chi connectivity index (χ1) is 16.2. The largest absolute Gasteiger partial charge is 0.129 e. The van der Waals surface area contributed by atoms with E-state index in [1.54, 1.807) is 11.1 Å². The van der Waals surface area contributed by atoms with Gasteiger partial charge in [0.05, 0.1) is 0 Å². The molecule has 1 spiro atoms. The molecule has 0 heterocycles. The summed E-state index contributed by atoms with van der Waals surface area (Å²) in [7, 11) is 0. The molecule has 0 aromatic heterocycles. The van der Waals surface area contributed by atoms with Crippen LogP contribution < -0.4 is 0 Å². The summed E-state index contributed by atoms with van der Waals surface area (Å²) in [5.41, 5.74) is 8.89. The second-order valence-electron chi connectivity index (χ2n) is 13.9. The summed E-state index contributed by atoms with van der Waals surface area (Å²) in [5, 5.41) is 0. The Morgan fingerprint density at radius 1 is 1.03 bits per heavy atom. The van der Waals surface area contributed by atoms with Crippen molar-refractivity contribution < 1.29 is 0 Å². The Bertz CT molecular complexity index is 899. The van der Waals surface area contributed by atoms with Crippen molar-refractivity contribution in [3.05, 3.63) is 30.0 Å². The van der Waals surface area contributed by atoms with Gasteiger partial charge in [0.25, 0.3) is 0 Å². The molecule has 0 amide bonds. The maximum absolute atomic E-state index is 4.85. The van der Waals surface area contributed by atoms with Gasteiger partial charge in [-0.05, 0) is 95.9 Å². The second-order valence-corrected chi connectivity index (χ2v) is 13.9. The predicted octanol–water partition coefficient (Wildman–Crippen LogP) is 9.87. The lowest BCUT2D eigenvalue weighted by Crippen LogP contribution is -2.42. The van der Waals surface area contributed by atoms with E-state index in [4.69, 9.17) is 6.58 Å². The molecule has 0 aliphatic heterocycles. The SMILES string of the molecule is C=C=C(C(CC)C1(C2(C)C3C4CC(CC)C(C)C(=C)C432)CC1C)C1(CC(CC)CC)CC1CC. The van der Waals surface area contributed by atoms with Crippen LogP contribution in [-0.2, 0) is 0 Å². The molecule has 5 saturated carbocycles. The highest BCUT2D eigenvalue weighted by molar-refractivity contribution is 5.56. The summed E-state index contributed by atoms with van der Waals surface area (Å²) in [5.74, 6) is 6.68. The molecule has 0 N–H and O–H groups in total. The van der Waals surface area contributed by atoms with Crippen LogP contribution in [0.2, 0.25) is 0 Å². The average molecular weight is 463 g/mol. The third kappa shape index (κ3) is 2.63. The predicted molar refractivity (Wildman–Crippen MR) is 146 cm³/mol. The fourth-order valence-electron chi connectivity index (χ4n) is 11.5. The molecular weight excluding hydrogens is 408 g/mol. The quantitative estimate of drug-likeness (QED) is 0.212. The van der Waals surface area contributed by atoms with Gasteiger partial charge >= 0.3 is 0 Å². The van der Waals surface area contributed by atoms with E-state index in [-0.39, 0.29) is 0 Å². The van der Waals surface area contributed by atoms with Crippen molar-refractivity contribution in [3.63, 3.8) is 0 Å². The van der Waals surface area contributed by atoms with E-state index in [0.29, 0.717) is 33.5 Å². The van der Waals surface area contributed by atoms with Gasteiger partial charge in [0.2, 0.25) is 0 Å². The van der Waals surface area contributed by atoms with Gasteiger partial charge < -0.3 is 0 Å². The van der Waals surface area contributed by atoms with Crippen LogP contribution in [0.4, 0.5) is 0 Å². The third-order valence-electron chi connectivity index (χ3n) is 13.6. The molecular formula is C34H54. The van der Waals surface area contributed by atoms with Crippen LogP contribution in [0.15, 0.2) is 30.0 Å². The van der Waals surface area contributed by atoms with Gasteiger partial charge in [0, 0.05) is 10.8 Å². The fraction of sp³-hybridized carbons (Fsp3) is 0.853. The second kappa shape index (κ2) is 7.88. The molecule has 0 aromatic rings. The Hall–Kier alpha value is -0.740. The van der Waals surface area contributed by atoms with Crippen LogP contribution in [0.5, 0.6) is 0 Å². The number of hydrogen-bond acceptors (Lipinski definition) is 0. The highest BCUT2D eigenvalue weighted by atomic mass is 15.0. The molecule has 0 saturated heterocycles. The third-order valence-corrected chi connectivity index (χ3v) is 13.6. The first kappa shape index (κ1) is 24.9. The molecule has 5 aliphatic rings. The van der Waals surface area contributed by atoms with Crippen molar-refractivity contribution >= 4 is 0 Å². The van der Waals surface area contributed by atoms with Gasteiger partial charge in [-0.1, -0.05) is 99.8 Å². The van der Waals surface area contributed by atoms with E-state index in [1.807, 2.05) is 0 Å². The van der Waals surface area contributed by atoms with Crippen molar-refractivity contribution in [1.29, 1.82) is 0 Å². The van der Waals surface area contributed by atoms with Crippen molar-refractivity contribution in [2.24, 2.45) is 69.0 Å². The van der Waals surface area contributed by atoms with Crippen molar-refractivity contribution in [2.45, 2.75) is 113 Å². The van der Waals surface area contributed by atoms with Crippen LogP contribution >= 0.6 is 0 Å². The summed E-state index contributed by atoms with van der Waals surface area (Å²) in [6.07, 6.45) is 12.2. The fourth-order valence-corrected chi connectivity index (χ4v) is 11.5. The zero-order valence-electron chi connectivity index (χ0n) is 23.9. The zero-order chi connectivity index (χ0) is 24.8. The molecule has 190 valence electrons. The lowest BCUT2D eigenvalue weighted by Gasteiger charge is -2.48. The molecule has 0 bridgehead atoms. The highest BCUT2D eigenvalue weighted by Gasteiger charge is 3.00. The molecule has 34 heavy (non-hydrogen) atoms. The van der Waals surface area contributed by atoms with E-state index in [0.717, 1.165) is 35.5 Å². The standard InChI is InChI=1S/C34H54/c1-11-24(12-2)19-32(20-26(32)14-4)27(15-5)28(16-6)33(18-21(33)7)31(10)30-29-17-25(13-3)22(8)23(9)34(29,30)31/h21-22,24-26,28-30H,5,9,11-14,16-20H2,1-4,6-8,10H3. The normalized spacial score (nSPS) is 50.8. The first-order valence-electron chi connectivity index (χ1n) is 15.3. The minimum Gasteiger partial charge on any atom is -0.129 e. The molecule has 0 heteroatoms. The minimum absolute atomic E-state index is 0.403. The molecule has 11 atom stereocenters. The van der Waals surface area contributed by atoms with Crippen molar-refractivity contribution in [2.75, 3.05) is 0 Å². The molecule has 0 nitrogen and oxygen atoms in total. The molecule has 0 radical (unpaired) electrons. The summed E-state index contributed by atoms with van der Waals surface area (Å²) in [6, 6.07) is 0. The van der Waals surface area contributed by atoms with Crippen molar-refractivity contribution in [3.8, 4) is 0 Å². The van der Waals surface area contributed by atoms with Crippen molar-refractivity contribution in [1.82, 2.24) is 0 Å². The monoisotopic (exact) mass is 462 g/mol. The van der Waals surface area contributed by atoms with Crippen LogP contribution in [0, 0.1) is 69.0 Å². The van der Waals surface area contributed by atoms with E-state index >= 15 is 0 Å². The van der Waals surface area contributed by atoms with Crippen LogP contribution in [-0.4, -0.2) is 0 Å². The number of allylic oxidation sites excluding steroid dienone is 2. The van der Waals surface area contributed by atoms with Crippen LogP contribution in [0.1, 0.15) is 113 Å². The first-order valence-corrected chi connectivity index (χ1v) is 15.3. The van der Waals surface area contributed by atoms with E-state index in [9.17, 15) is 0 Å². The van der Waals surface area contributed by atoms with Crippen LogP contribution in [0.3, 0.4) is 0 Å². The minimum atomic E-state index is 0.403. The molecule has 5 aliphatic carbocycles. The van der Waals surface area contributed by atoms with Gasteiger partial charge in [0.1, 0.15) is 0 Å². The summed E-state index contributed by atoms with van der Waals surface area (Å²) in [6.45, 7) is 29.2. The Balaban J connectivity index is 1.49.